The van der Waals surface area contributed by atoms with Gasteiger partial charge in [-0.25, -0.2) is 0 Å². The highest BCUT2D eigenvalue weighted by molar-refractivity contribution is 5.99. The minimum atomic E-state index is -0.778. The van der Waals surface area contributed by atoms with Gasteiger partial charge < -0.3 is 4.74 Å². The maximum absolute atomic E-state index is 12.1. The van der Waals surface area contributed by atoms with Gasteiger partial charge in [0, 0.05) is 5.56 Å². The van der Waals surface area contributed by atoms with E-state index >= 15 is 0 Å². The molecule has 0 spiro atoms. The molecule has 26 heavy (non-hydrogen) atoms. The average Bonchev–Trinajstić information content (AvgIpc) is 2.56. The van der Waals surface area contributed by atoms with Crippen LogP contribution in [0.15, 0.2) is 36.4 Å². The SMILES string of the molecule is Cc1cc(C)cc(OCC(=O)NNC(=O)c2cccc(C)c2[N+](=O)[O-])c1. The predicted octanol–water partition coefficient (Wildman–Crippen LogP) is 2.36. The molecule has 8 heteroatoms. The zero-order valence-corrected chi connectivity index (χ0v) is 14.7. The van der Waals surface area contributed by atoms with Gasteiger partial charge in [0.25, 0.3) is 17.5 Å². The van der Waals surface area contributed by atoms with Crippen LogP contribution in [-0.4, -0.2) is 23.3 Å². The summed E-state index contributed by atoms with van der Waals surface area (Å²) in [5.41, 5.74) is 6.26. The molecule has 0 aliphatic heterocycles. The van der Waals surface area contributed by atoms with Gasteiger partial charge in [-0.15, -0.1) is 0 Å². The highest BCUT2D eigenvalue weighted by Gasteiger charge is 2.22. The minimum absolute atomic E-state index is 0.134. The number of benzene rings is 2. The van der Waals surface area contributed by atoms with Gasteiger partial charge in [-0.1, -0.05) is 18.2 Å². The molecule has 2 N–H and O–H groups in total. The van der Waals surface area contributed by atoms with Gasteiger partial charge >= 0.3 is 0 Å². The number of nitrogens with one attached hydrogen (secondary N) is 2. The number of rotatable bonds is 5. The summed E-state index contributed by atoms with van der Waals surface area (Å²) in [5.74, 6) is -0.828. The summed E-state index contributed by atoms with van der Waals surface area (Å²) in [4.78, 5) is 34.4. The molecular formula is C18H19N3O5. The molecule has 2 aromatic rings. The molecule has 2 aromatic carbocycles. The van der Waals surface area contributed by atoms with Crippen LogP contribution in [0.25, 0.3) is 0 Å². The maximum atomic E-state index is 12.1. The second kappa shape index (κ2) is 8.11. The molecule has 0 saturated heterocycles. The van der Waals surface area contributed by atoms with Crippen molar-refractivity contribution in [2.24, 2.45) is 0 Å². The molecule has 2 amide bonds. The first-order valence-electron chi connectivity index (χ1n) is 7.82. The number of nitro groups is 1. The van der Waals surface area contributed by atoms with Crippen LogP contribution in [0.4, 0.5) is 5.69 Å². The first-order chi connectivity index (χ1) is 12.3. The molecule has 0 atom stereocenters. The second-order valence-corrected chi connectivity index (χ2v) is 5.84. The van der Waals surface area contributed by atoms with E-state index in [1.54, 1.807) is 12.1 Å². The number of amides is 2. The summed E-state index contributed by atoms with van der Waals surface area (Å²) in [6.45, 7) is 5.05. The fourth-order valence-corrected chi connectivity index (χ4v) is 2.48. The van der Waals surface area contributed by atoms with E-state index in [1.165, 1.54) is 25.1 Å². The summed E-state index contributed by atoms with van der Waals surface area (Å²) in [5, 5.41) is 11.1. The number of aryl methyl sites for hydroxylation is 3. The lowest BCUT2D eigenvalue weighted by Gasteiger charge is -2.10. The monoisotopic (exact) mass is 357 g/mol. The third-order valence-electron chi connectivity index (χ3n) is 3.55. The van der Waals surface area contributed by atoms with Crippen molar-refractivity contribution in [3.63, 3.8) is 0 Å². The van der Waals surface area contributed by atoms with Crippen LogP contribution >= 0.6 is 0 Å². The van der Waals surface area contributed by atoms with Crippen molar-refractivity contribution in [2.45, 2.75) is 20.8 Å². The van der Waals surface area contributed by atoms with Crippen molar-refractivity contribution in [3.05, 3.63) is 68.8 Å². The van der Waals surface area contributed by atoms with Crippen molar-refractivity contribution in [1.82, 2.24) is 10.9 Å². The van der Waals surface area contributed by atoms with Crippen LogP contribution in [0.1, 0.15) is 27.0 Å². The lowest BCUT2D eigenvalue weighted by Crippen LogP contribution is -2.44. The van der Waals surface area contributed by atoms with Crippen molar-refractivity contribution in [2.75, 3.05) is 6.61 Å². The molecule has 0 radical (unpaired) electrons. The second-order valence-electron chi connectivity index (χ2n) is 5.84. The lowest BCUT2D eigenvalue weighted by molar-refractivity contribution is -0.385. The number of carbonyl (C=O) groups excluding carboxylic acids is 2. The molecule has 0 saturated carbocycles. The number of nitrogens with zero attached hydrogens (tertiary/aromatic N) is 1. The average molecular weight is 357 g/mol. The van der Waals surface area contributed by atoms with Crippen LogP contribution in [0.2, 0.25) is 0 Å². The molecule has 0 aliphatic carbocycles. The third kappa shape index (κ3) is 4.79. The first-order valence-corrected chi connectivity index (χ1v) is 7.82. The van der Waals surface area contributed by atoms with Gasteiger partial charge in [-0.3, -0.25) is 30.6 Å². The molecule has 0 unspecified atom stereocenters. The fraction of sp³-hybridized carbons (Fsp3) is 0.222. The van der Waals surface area contributed by atoms with E-state index in [-0.39, 0.29) is 17.9 Å². The number of ether oxygens (including phenoxy) is 1. The molecule has 0 aromatic heterocycles. The Kier molecular flexibility index (Phi) is 5.90. The molecule has 0 aliphatic rings. The third-order valence-corrected chi connectivity index (χ3v) is 3.55. The molecule has 2 rings (SSSR count). The van der Waals surface area contributed by atoms with E-state index < -0.39 is 16.7 Å². The topological polar surface area (TPSA) is 111 Å². The number of carbonyl (C=O) groups is 2. The minimum Gasteiger partial charge on any atom is -0.484 e. The zero-order valence-electron chi connectivity index (χ0n) is 14.7. The van der Waals surface area contributed by atoms with Gasteiger partial charge in [-0.05, 0) is 50.1 Å². The smallest absolute Gasteiger partial charge is 0.285 e. The Hall–Kier alpha value is -3.42. The highest BCUT2D eigenvalue weighted by atomic mass is 16.6. The largest absolute Gasteiger partial charge is 0.484 e. The molecule has 136 valence electrons. The Morgan fingerprint density at radius 2 is 1.73 bits per heavy atom. The summed E-state index contributed by atoms with van der Waals surface area (Å²) in [7, 11) is 0. The highest BCUT2D eigenvalue weighted by Crippen LogP contribution is 2.22. The Balaban J connectivity index is 1.94. The van der Waals surface area contributed by atoms with Crippen LogP contribution in [0, 0.1) is 30.9 Å². The number of hydrogen-bond acceptors (Lipinski definition) is 5. The normalized spacial score (nSPS) is 10.1. The Labute approximate surface area is 150 Å². The predicted molar refractivity (Wildman–Crippen MR) is 94.9 cm³/mol. The molecule has 0 fully saturated rings. The lowest BCUT2D eigenvalue weighted by atomic mass is 10.1. The van der Waals surface area contributed by atoms with Crippen LogP contribution in [0.5, 0.6) is 5.75 Å². The van der Waals surface area contributed by atoms with Crippen molar-refractivity contribution in [1.29, 1.82) is 0 Å². The summed E-state index contributed by atoms with van der Waals surface area (Å²) < 4.78 is 5.38. The molecule has 8 nitrogen and oxygen atoms in total. The number of nitro benzene ring substituents is 1. The maximum Gasteiger partial charge on any atom is 0.285 e. The van der Waals surface area contributed by atoms with Gasteiger partial charge in [0.05, 0.1) is 4.92 Å². The first kappa shape index (κ1) is 18.9. The van der Waals surface area contributed by atoms with E-state index in [2.05, 4.69) is 10.9 Å². The van der Waals surface area contributed by atoms with Crippen LogP contribution < -0.4 is 15.6 Å². The van der Waals surface area contributed by atoms with Gasteiger partial charge in [0.1, 0.15) is 11.3 Å². The Morgan fingerprint density at radius 3 is 2.35 bits per heavy atom. The molecule has 0 bridgehead atoms. The summed E-state index contributed by atoms with van der Waals surface area (Å²) in [6, 6.07) is 9.93. The summed E-state index contributed by atoms with van der Waals surface area (Å²) >= 11 is 0. The van der Waals surface area contributed by atoms with Gasteiger partial charge in [0.15, 0.2) is 6.61 Å². The Bertz CT molecular complexity index is 844. The van der Waals surface area contributed by atoms with E-state index in [0.717, 1.165) is 11.1 Å². The van der Waals surface area contributed by atoms with Gasteiger partial charge in [-0.2, -0.15) is 0 Å². The van der Waals surface area contributed by atoms with Crippen molar-refractivity contribution < 1.29 is 19.2 Å². The number of hydrogen-bond donors (Lipinski definition) is 2. The standard InChI is InChI=1S/C18H19N3O5/c1-11-7-12(2)9-14(8-11)26-10-16(22)19-20-18(23)15-6-4-5-13(3)17(15)21(24)25/h4-9H,10H2,1-3H3,(H,19,22)(H,20,23). The van der Waals surface area contributed by atoms with Crippen molar-refractivity contribution in [3.8, 4) is 5.75 Å². The zero-order chi connectivity index (χ0) is 19.3. The Morgan fingerprint density at radius 1 is 1.08 bits per heavy atom. The van der Waals surface area contributed by atoms with E-state index in [0.29, 0.717) is 11.3 Å². The van der Waals surface area contributed by atoms with Crippen LogP contribution in [0.3, 0.4) is 0 Å². The van der Waals surface area contributed by atoms with Gasteiger partial charge in [0.2, 0.25) is 0 Å². The summed E-state index contributed by atoms with van der Waals surface area (Å²) in [6.07, 6.45) is 0. The van der Waals surface area contributed by atoms with Crippen molar-refractivity contribution >= 4 is 17.5 Å². The molecule has 0 heterocycles. The number of para-hydroxylation sites is 1. The molecular weight excluding hydrogens is 338 g/mol. The quantitative estimate of drug-likeness (QED) is 0.630. The van der Waals surface area contributed by atoms with Crippen LogP contribution in [-0.2, 0) is 4.79 Å². The van der Waals surface area contributed by atoms with E-state index in [4.69, 9.17) is 4.74 Å². The number of hydrazine groups is 1. The van der Waals surface area contributed by atoms with E-state index in [9.17, 15) is 19.7 Å². The van der Waals surface area contributed by atoms with E-state index in [1.807, 2.05) is 19.9 Å². The fourth-order valence-electron chi connectivity index (χ4n) is 2.48.